The number of carbonyl (C=O) groups is 2. The van der Waals surface area contributed by atoms with Gasteiger partial charge in [-0.15, -0.1) is 34.4 Å². The monoisotopic (exact) mass is 604 g/mol. The topological polar surface area (TPSA) is 86.2 Å². The minimum absolute atomic E-state index is 0.00386. The van der Waals surface area contributed by atoms with Crippen LogP contribution in [-0.4, -0.2) is 23.1 Å². The molecule has 0 aliphatic carbocycles. The summed E-state index contributed by atoms with van der Waals surface area (Å²) in [5.74, 6) is 3.09. The molecule has 4 aromatic rings. The second-order valence-electron chi connectivity index (χ2n) is 8.42. The molecule has 0 atom stereocenters. The third-order valence-electron chi connectivity index (χ3n) is 6.10. The number of fused-ring (bicyclic) bond motifs is 2. The van der Waals surface area contributed by atoms with Crippen LogP contribution in [0.4, 0.5) is 10.0 Å². The Labute approximate surface area is 241 Å². The number of benzene rings is 2. The van der Waals surface area contributed by atoms with E-state index in [1.807, 2.05) is 11.8 Å². The van der Waals surface area contributed by atoms with Crippen molar-refractivity contribution >= 4 is 91.0 Å². The molecule has 0 unspecified atom stereocenters. The molecule has 6 rings (SSSR count). The number of hydrogen-bond donors (Lipinski definition) is 2. The summed E-state index contributed by atoms with van der Waals surface area (Å²) < 4.78 is 1.20. The van der Waals surface area contributed by atoms with Crippen LogP contribution >= 0.6 is 69.4 Å². The van der Waals surface area contributed by atoms with Gasteiger partial charge < -0.3 is 11.5 Å². The van der Waals surface area contributed by atoms with Crippen molar-refractivity contribution < 1.29 is 9.59 Å². The summed E-state index contributed by atoms with van der Waals surface area (Å²) in [6.07, 6.45) is 1.87. The fourth-order valence-corrected chi connectivity index (χ4v) is 9.27. The number of nitrogen functional groups attached to an aromatic ring is 2. The van der Waals surface area contributed by atoms with E-state index in [1.54, 1.807) is 71.6 Å². The smallest absolute Gasteiger partial charge is 0.196 e. The zero-order valence-corrected chi connectivity index (χ0v) is 24.3. The minimum atomic E-state index is 0.00386. The molecule has 4 nitrogen and oxygen atoms in total. The molecule has 0 fully saturated rings. The third-order valence-corrected chi connectivity index (χ3v) is 11.2. The first-order valence-corrected chi connectivity index (χ1v) is 16.0. The molecule has 2 aromatic heterocycles. The van der Waals surface area contributed by atoms with Gasteiger partial charge in [-0.2, -0.15) is 11.8 Å². The van der Waals surface area contributed by atoms with E-state index in [1.165, 1.54) is 20.4 Å². The van der Waals surface area contributed by atoms with Crippen molar-refractivity contribution in [1.29, 1.82) is 0 Å². The van der Waals surface area contributed by atoms with Crippen LogP contribution in [0, 0.1) is 0 Å². The SMILES string of the molecule is Nc1sc2c(c1C(=O)c1ccc(Cl)cc1)CCS2.Nc1sc2c(c1C(=O)c1ccc(Cl)cc1)CCSC2. The van der Waals surface area contributed by atoms with Gasteiger partial charge in [-0.25, -0.2) is 0 Å². The van der Waals surface area contributed by atoms with Gasteiger partial charge in [-0.3, -0.25) is 9.59 Å². The predicted molar refractivity (Wildman–Crippen MR) is 162 cm³/mol. The van der Waals surface area contributed by atoms with Gasteiger partial charge in [0, 0.05) is 37.6 Å². The van der Waals surface area contributed by atoms with Gasteiger partial charge in [0.15, 0.2) is 11.6 Å². The van der Waals surface area contributed by atoms with Crippen LogP contribution in [0.15, 0.2) is 52.7 Å². The van der Waals surface area contributed by atoms with Crippen molar-refractivity contribution in [3.8, 4) is 0 Å². The fraction of sp³-hybridized carbons (Fsp3) is 0.185. The molecule has 0 spiro atoms. The van der Waals surface area contributed by atoms with Gasteiger partial charge in [-0.1, -0.05) is 23.2 Å². The Morgan fingerprint density at radius 3 is 1.81 bits per heavy atom. The second-order valence-corrected chi connectivity index (χ2v) is 14.0. The first-order chi connectivity index (χ1) is 17.8. The second kappa shape index (κ2) is 11.4. The number of ketones is 2. The maximum atomic E-state index is 12.6. The molecule has 0 radical (unpaired) electrons. The van der Waals surface area contributed by atoms with Crippen LogP contribution in [0.5, 0.6) is 0 Å². The predicted octanol–water partition coefficient (Wildman–Crippen LogP) is 7.87. The highest BCUT2D eigenvalue weighted by Crippen LogP contribution is 2.44. The van der Waals surface area contributed by atoms with E-state index in [4.69, 9.17) is 34.7 Å². The number of nitrogens with two attached hydrogens (primary N) is 2. The summed E-state index contributed by atoms with van der Waals surface area (Å²) in [5.41, 5.74) is 17.0. The van der Waals surface area contributed by atoms with Crippen LogP contribution in [0.3, 0.4) is 0 Å². The molecule has 2 aliphatic rings. The van der Waals surface area contributed by atoms with Crippen molar-refractivity contribution in [2.24, 2.45) is 0 Å². The van der Waals surface area contributed by atoms with Crippen molar-refractivity contribution in [1.82, 2.24) is 0 Å². The Hall–Kier alpha value is -1.94. The average molecular weight is 606 g/mol. The zero-order valence-electron chi connectivity index (χ0n) is 19.5. The van der Waals surface area contributed by atoms with Crippen molar-refractivity contribution in [3.05, 3.63) is 96.8 Å². The molecule has 4 heterocycles. The molecule has 4 N–H and O–H groups in total. The number of carbonyl (C=O) groups excluding carboxylic acids is 2. The van der Waals surface area contributed by atoms with Gasteiger partial charge >= 0.3 is 0 Å². The fourth-order valence-electron chi connectivity index (χ4n) is 4.30. The Kier molecular flexibility index (Phi) is 8.24. The normalized spacial score (nSPS) is 13.9. The van der Waals surface area contributed by atoms with E-state index < -0.39 is 0 Å². The number of anilines is 2. The van der Waals surface area contributed by atoms with Gasteiger partial charge in [0.1, 0.15) is 0 Å². The summed E-state index contributed by atoms with van der Waals surface area (Å²) in [6.45, 7) is 0. The lowest BCUT2D eigenvalue weighted by molar-refractivity contribution is 0.103. The highest BCUT2D eigenvalue weighted by atomic mass is 35.5. The van der Waals surface area contributed by atoms with Gasteiger partial charge in [0.05, 0.1) is 25.3 Å². The first kappa shape index (κ1) is 26.7. The maximum Gasteiger partial charge on any atom is 0.196 e. The molecule has 2 aromatic carbocycles. The summed E-state index contributed by atoms with van der Waals surface area (Å²) in [5, 5.41) is 2.54. The van der Waals surface area contributed by atoms with Crippen molar-refractivity contribution in [2.45, 2.75) is 22.8 Å². The molecule has 10 heteroatoms. The van der Waals surface area contributed by atoms with Crippen LogP contribution in [0.1, 0.15) is 47.8 Å². The molecular weight excluding hydrogens is 583 g/mol. The number of thiophene rings is 2. The largest absolute Gasteiger partial charge is 0.390 e. The lowest BCUT2D eigenvalue weighted by Crippen LogP contribution is -2.09. The molecule has 0 saturated carbocycles. The Bertz CT molecular complexity index is 1480. The zero-order chi connectivity index (χ0) is 26.1. The molecule has 190 valence electrons. The number of halogens is 2. The van der Waals surface area contributed by atoms with Crippen molar-refractivity contribution in [2.75, 3.05) is 23.0 Å². The van der Waals surface area contributed by atoms with E-state index in [0.717, 1.165) is 41.2 Å². The lowest BCUT2D eigenvalue weighted by atomic mass is 9.99. The maximum absolute atomic E-state index is 12.6. The third kappa shape index (κ3) is 5.60. The van der Waals surface area contributed by atoms with Crippen LogP contribution in [-0.2, 0) is 18.6 Å². The molecule has 0 amide bonds. The Morgan fingerprint density at radius 1 is 0.703 bits per heavy atom. The van der Waals surface area contributed by atoms with Crippen LogP contribution in [0.25, 0.3) is 0 Å². The average Bonchev–Trinajstić information content (AvgIpc) is 3.56. The van der Waals surface area contributed by atoms with Gasteiger partial charge in [0.25, 0.3) is 0 Å². The molecule has 37 heavy (non-hydrogen) atoms. The standard InChI is InChI=1S/C14H12ClNOS2.C13H10ClNOS2/c15-9-3-1-8(2-4-9)13(17)12-10-5-6-18-7-11(10)19-14(12)16;14-8-3-1-7(2-4-8)11(16)10-9-5-6-17-13(9)18-12(10)15/h1-4H,5-7,16H2;1-4H,5-6,15H2. The number of thioether (sulfide) groups is 2. The lowest BCUT2D eigenvalue weighted by Gasteiger charge is -2.12. The van der Waals surface area contributed by atoms with Crippen molar-refractivity contribution in [3.63, 3.8) is 0 Å². The molecule has 2 aliphatic heterocycles. The van der Waals surface area contributed by atoms with Gasteiger partial charge in [0.2, 0.25) is 0 Å². The minimum Gasteiger partial charge on any atom is -0.390 e. The van der Waals surface area contributed by atoms with Crippen LogP contribution < -0.4 is 11.5 Å². The van der Waals surface area contributed by atoms with E-state index in [-0.39, 0.29) is 11.6 Å². The van der Waals surface area contributed by atoms with Gasteiger partial charge in [-0.05, 0) is 78.3 Å². The highest BCUT2D eigenvalue weighted by Gasteiger charge is 2.27. The quantitative estimate of drug-likeness (QED) is 0.230. The number of rotatable bonds is 4. The van der Waals surface area contributed by atoms with Crippen LogP contribution in [0.2, 0.25) is 10.0 Å². The summed E-state index contributed by atoms with van der Waals surface area (Å²) in [4.78, 5) is 26.3. The Morgan fingerprint density at radius 2 is 1.22 bits per heavy atom. The van der Waals surface area contributed by atoms with E-state index in [0.29, 0.717) is 42.3 Å². The van der Waals surface area contributed by atoms with E-state index in [9.17, 15) is 9.59 Å². The number of hydrogen-bond acceptors (Lipinski definition) is 8. The first-order valence-electron chi connectivity index (χ1n) is 11.5. The summed E-state index contributed by atoms with van der Waals surface area (Å²) in [7, 11) is 0. The summed E-state index contributed by atoms with van der Waals surface area (Å²) >= 11 is 18.4. The summed E-state index contributed by atoms with van der Waals surface area (Å²) in [6, 6.07) is 13.9. The molecular formula is C27H22Cl2N2O2S4. The molecule has 0 bridgehead atoms. The van der Waals surface area contributed by atoms with E-state index in [2.05, 4.69) is 0 Å². The van der Waals surface area contributed by atoms with E-state index >= 15 is 0 Å². The highest BCUT2D eigenvalue weighted by molar-refractivity contribution is 8.01. The Balaban J connectivity index is 0.000000152. The molecule has 0 saturated heterocycles.